The van der Waals surface area contributed by atoms with Crippen LogP contribution in [0.25, 0.3) is 11.1 Å². The van der Waals surface area contributed by atoms with Crippen LogP contribution >= 0.6 is 0 Å². The Bertz CT molecular complexity index is 1330. The van der Waals surface area contributed by atoms with E-state index in [1.165, 1.54) is 6.07 Å². The molecular weight excluding hydrogens is 471 g/mol. The molecule has 1 fully saturated rings. The SMILES string of the molecule is Cc1ccc(NC(=O)c2ccnc(C(F)(F)F)c2)cc1-c1ccc2c(c1)N1CCOC[C@@]1(C)C[C@@H]2O. The number of aliphatic hydroxyl groups is 1. The Balaban J connectivity index is 1.46. The van der Waals surface area contributed by atoms with E-state index in [9.17, 15) is 23.1 Å². The molecule has 0 spiro atoms. The monoisotopic (exact) mass is 497 g/mol. The average molecular weight is 498 g/mol. The number of morpholine rings is 1. The first-order chi connectivity index (χ1) is 17.0. The number of alkyl halides is 3. The topological polar surface area (TPSA) is 74.7 Å². The minimum atomic E-state index is -4.64. The van der Waals surface area contributed by atoms with Crippen molar-refractivity contribution in [3.8, 4) is 11.1 Å². The average Bonchev–Trinajstić information content (AvgIpc) is 2.84. The number of fused-ring (bicyclic) bond motifs is 3. The van der Waals surface area contributed by atoms with E-state index in [-0.39, 0.29) is 11.1 Å². The number of anilines is 2. The maximum Gasteiger partial charge on any atom is 0.433 e. The maximum atomic E-state index is 13.0. The van der Waals surface area contributed by atoms with Gasteiger partial charge in [0.25, 0.3) is 5.91 Å². The third-order valence-electron chi connectivity index (χ3n) is 6.96. The molecule has 2 aromatic carbocycles. The summed E-state index contributed by atoms with van der Waals surface area (Å²) in [6.07, 6.45) is -3.67. The van der Waals surface area contributed by atoms with Crippen LogP contribution < -0.4 is 10.2 Å². The van der Waals surface area contributed by atoms with Crippen LogP contribution in [0.1, 0.15) is 46.6 Å². The molecule has 36 heavy (non-hydrogen) atoms. The van der Waals surface area contributed by atoms with E-state index in [2.05, 4.69) is 22.1 Å². The first kappa shape index (κ1) is 24.3. The molecule has 5 rings (SSSR count). The fourth-order valence-electron chi connectivity index (χ4n) is 5.07. The van der Waals surface area contributed by atoms with Gasteiger partial charge in [-0.25, -0.2) is 0 Å². The number of ether oxygens (including phenoxy) is 1. The van der Waals surface area contributed by atoms with E-state index in [0.29, 0.717) is 25.3 Å². The lowest BCUT2D eigenvalue weighted by molar-refractivity contribution is -0.141. The number of hydrogen-bond donors (Lipinski definition) is 2. The molecule has 9 heteroatoms. The van der Waals surface area contributed by atoms with Crippen LogP contribution in [0.5, 0.6) is 0 Å². The van der Waals surface area contributed by atoms with Crippen LogP contribution in [0.4, 0.5) is 24.5 Å². The lowest BCUT2D eigenvalue weighted by Gasteiger charge is -2.51. The second-order valence-electron chi connectivity index (χ2n) is 9.61. The van der Waals surface area contributed by atoms with E-state index in [1.807, 2.05) is 31.2 Å². The summed E-state index contributed by atoms with van der Waals surface area (Å²) in [4.78, 5) is 18.3. The zero-order chi connectivity index (χ0) is 25.7. The Kier molecular flexibility index (Phi) is 6.00. The second-order valence-corrected chi connectivity index (χ2v) is 9.61. The molecular formula is C27H26F3N3O3. The number of carbonyl (C=O) groups excluding carboxylic acids is 1. The predicted molar refractivity (Wildman–Crippen MR) is 130 cm³/mol. The summed E-state index contributed by atoms with van der Waals surface area (Å²) in [5.41, 5.74) is 3.50. The molecule has 0 saturated carbocycles. The van der Waals surface area contributed by atoms with Crippen molar-refractivity contribution in [3.05, 3.63) is 77.1 Å². The Morgan fingerprint density at radius 3 is 2.78 bits per heavy atom. The molecule has 3 heterocycles. The molecule has 3 aromatic rings. The highest BCUT2D eigenvalue weighted by Crippen LogP contribution is 2.45. The lowest BCUT2D eigenvalue weighted by atomic mass is 9.82. The Labute approximate surface area is 206 Å². The summed E-state index contributed by atoms with van der Waals surface area (Å²) in [5, 5.41) is 13.5. The predicted octanol–water partition coefficient (Wildman–Crippen LogP) is 5.36. The van der Waals surface area contributed by atoms with Gasteiger partial charge >= 0.3 is 6.18 Å². The van der Waals surface area contributed by atoms with Crippen LogP contribution in [-0.2, 0) is 10.9 Å². The number of amides is 1. The summed E-state index contributed by atoms with van der Waals surface area (Å²) >= 11 is 0. The van der Waals surface area contributed by atoms with Gasteiger partial charge in [-0.05, 0) is 60.9 Å². The molecule has 188 valence electrons. The Hall–Kier alpha value is -3.43. The number of nitrogens with one attached hydrogen (secondary N) is 1. The lowest BCUT2D eigenvalue weighted by Crippen LogP contribution is -2.58. The number of benzene rings is 2. The minimum Gasteiger partial charge on any atom is -0.388 e. The number of hydrogen-bond acceptors (Lipinski definition) is 5. The van der Waals surface area contributed by atoms with E-state index >= 15 is 0 Å². The smallest absolute Gasteiger partial charge is 0.388 e. The molecule has 2 aliphatic heterocycles. The van der Waals surface area contributed by atoms with Crippen molar-refractivity contribution in [2.24, 2.45) is 0 Å². The standard InChI is InChI=1S/C27H26F3N3O3/c1-16-3-5-19(32-25(35)18-7-8-31-24(12-18)27(28,29)30)13-21(16)17-4-6-20-22(11-17)33-9-10-36-15-26(33,2)14-23(20)34/h3-8,11-13,23,34H,9-10,14-15H2,1-2H3,(H,32,35)/t23-,26+/m0/s1. The maximum absolute atomic E-state index is 13.0. The van der Waals surface area contributed by atoms with Crippen molar-refractivity contribution < 1.29 is 27.8 Å². The van der Waals surface area contributed by atoms with E-state index < -0.39 is 23.9 Å². The van der Waals surface area contributed by atoms with Crippen LogP contribution in [-0.4, -0.2) is 41.3 Å². The van der Waals surface area contributed by atoms with Gasteiger partial charge in [0.05, 0.1) is 24.9 Å². The van der Waals surface area contributed by atoms with Crippen LogP contribution in [0, 0.1) is 6.92 Å². The van der Waals surface area contributed by atoms with Crippen LogP contribution in [0.15, 0.2) is 54.7 Å². The molecule has 2 N–H and O–H groups in total. The van der Waals surface area contributed by atoms with Crippen molar-refractivity contribution >= 4 is 17.3 Å². The van der Waals surface area contributed by atoms with Crippen molar-refractivity contribution in [1.82, 2.24) is 4.98 Å². The van der Waals surface area contributed by atoms with Gasteiger partial charge in [-0.1, -0.05) is 18.2 Å². The first-order valence-corrected chi connectivity index (χ1v) is 11.7. The summed E-state index contributed by atoms with van der Waals surface area (Å²) in [6, 6.07) is 13.3. The second kappa shape index (κ2) is 8.90. The highest BCUT2D eigenvalue weighted by Gasteiger charge is 2.43. The zero-order valence-corrected chi connectivity index (χ0v) is 19.9. The summed E-state index contributed by atoms with van der Waals surface area (Å²) in [7, 11) is 0. The number of halogens is 3. The molecule has 1 amide bonds. The molecule has 0 aliphatic carbocycles. The fraction of sp³-hybridized carbons (Fsp3) is 0.333. The molecule has 2 aliphatic rings. The third kappa shape index (κ3) is 4.44. The van der Waals surface area contributed by atoms with Crippen molar-refractivity contribution in [1.29, 1.82) is 0 Å². The number of pyridine rings is 1. The molecule has 0 unspecified atom stereocenters. The number of aryl methyl sites for hydroxylation is 1. The quantitative estimate of drug-likeness (QED) is 0.510. The van der Waals surface area contributed by atoms with E-state index in [4.69, 9.17) is 4.74 Å². The molecule has 0 radical (unpaired) electrons. The third-order valence-corrected chi connectivity index (χ3v) is 6.96. The Morgan fingerprint density at radius 2 is 2.00 bits per heavy atom. The van der Waals surface area contributed by atoms with Crippen molar-refractivity contribution in [2.75, 3.05) is 30.0 Å². The van der Waals surface area contributed by atoms with Gasteiger partial charge < -0.3 is 20.1 Å². The number of aliphatic hydroxyl groups excluding tert-OH is 1. The normalized spacial score (nSPS) is 21.5. The molecule has 1 saturated heterocycles. The van der Waals surface area contributed by atoms with Crippen LogP contribution in [0.3, 0.4) is 0 Å². The van der Waals surface area contributed by atoms with E-state index in [0.717, 1.165) is 46.7 Å². The fourth-order valence-corrected chi connectivity index (χ4v) is 5.07. The molecule has 1 aromatic heterocycles. The summed E-state index contributed by atoms with van der Waals surface area (Å²) in [5.74, 6) is -0.657. The van der Waals surface area contributed by atoms with Crippen LogP contribution in [0.2, 0.25) is 0 Å². The summed E-state index contributed by atoms with van der Waals surface area (Å²) < 4.78 is 44.7. The number of carbonyl (C=O) groups is 1. The first-order valence-electron chi connectivity index (χ1n) is 11.7. The zero-order valence-electron chi connectivity index (χ0n) is 19.9. The van der Waals surface area contributed by atoms with Gasteiger partial charge in [0.15, 0.2) is 0 Å². The van der Waals surface area contributed by atoms with Gasteiger partial charge in [0.2, 0.25) is 0 Å². The number of aromatic nitrogens is 1. The minimum absolute atomic E-state index is 0.131. The number of rotatable bonds is 3. The highest BCUT2D eigenvalue weighted by atomic mass is 19.4. The van der Waals surface area contributed by atoms with E-state index in [1.54, 1.807) is 12.1 Å². The largest absolute Gasteiger partial charge is 0.433 e. The molecule has 2 atom stereocenters. The van der Waals surface area contributed by atoms with Crippen molar-refractivity contribution in [3.63, 3.8) is 0 Å². The molecule has 0 bridgehead atoms. The van der Waals surface area contributed by atoms with Gasteiger partial charge in [-0.15, -0.1) is 0 Å². The molecule has 6 nitrogen and oxygen atoms in total. The van der Waals surface area contributed by atoms with Gasteiger partial charge in [0.1, 0.15) is 5.69 Å². The van der Waals surface area contributed by atoms with Crippen molar-refractivity contribution in [2.45, 2.75) is 38.1 Å². The van der Waals surface area contributed by atoms with Gasteiger partial charge in [0, 0.05) is 41.7 Å². The number of nitrogens with zero attached hydrogens (tertiary/aromatic N) is 2. The Morgan fingerprint density at radius 1 is 1.19 bits per heavy atom. The van der Waals surface area contributed by atoms with Gasteiger partial charge in [-0.3, -0.25) is 9.78 Å². The highest BCUT2D eigenvalue weighted by molar-refractivity contribution is 6.04. The summed E-state index contributed by atoms with van der Waals surface area (Å²) in [6.45, 7) is 5.92. The van der Waals surface area contributed by atoms with Gasteiger partial charge in [-0.2, -0.15) is 13.2 Å².